The molecule has 0 aliphatic rings. The molecule has 0 heterocycles. The van der Waals surface area contributed by atoms with Gasteiger partial charge in [-0.1, -0.05) is 26.7 Å². The van der Waals surface area contributed by atoms with E-state index < -0.39 is 0 Å². The van der Waals surface area contributed by atoms with E-state index in [0.29, 0.717) is 12.3 Å². The minimum Gasteiger partial charge on any atom is -0.469 e. The van der Waals surface area contributed by atoms with Gasteiger partial charge in [-0.3, -0.25) is 9.59 Å². The molecule has 0 amide bonds. The van der Waals surface area contributed by atoms with Crippen molar-refractivity contribution in [3.05, 3.63) is 0 Å². The monoisotopic (exact) mass is 244 g/mol. The molecule has 0 aliphatic heterocycles. The van der Waals surface area contributed by atoms with Crippen LogP contribution in [0.1, 0.15) is 46.0 Å². The van der Waals surface area contributed by atoms with Crippen LogP contribution in [0.4, 0.5) is 0 Å². The van der Waals surface area contributed by atoms with E-state index in [2.05, 4.69) is 16.4 Å². The lowest BCUT2D eigenvalue weighted by molar-refractivity contribution is -0.145. The zero-order chi connectivity index (χ0) is 13.3. The summed E-state index contributed by atoms with van der Waals surface area (Å²) in [7, 11) is 2.82. The van der Waals surface area contributed by atoms with Crippen molar-refractivity contribution in [1.29, 1.82) is 0 Å². The molecule has 0 aromatic rings. The Morgan fingerprint density at radius 3 is 2.24 bits per heavy atom. The van der Waals surface area contributed by atoms with Crippen molar-refractivity contribution in [3.63, 3.8) is 0 Å². The van der Waals surface area contributed by atoms with E-state index in [4.69, 9.17) is 0 Å². The molecule has 0 aliphatic carbocycles. The van der Waals surface area contributed by atoms with Crippen LogP contribution in [0.25, 0.3) is 0 Å². The predicted molar refractivity (Wildman–Crippen MR) is 65.4 cm³/mol. The number of carbonyl (C=O) groups excluding carboxylic acids is 2. The zero-order valence-corrected chi connectivity index (χ0v) is 11.3. The number of ether oxygens (including phenoxy) is 2. The molecule has 4 nitrogen and oxygen atoms in total. The molecule has 0 bridgehead atoms. The molecule has 17 heavy (non-hydrogen) atoms. The average Bonchev–Trinajstić information content (AvgIpc) is 2.32. The molecule has 0 aromatic heterocycles. The van der Waals surface area contributed by atoms with Gasteiger partial charge in [-0.25, -0.2) is 0 Å². The SMILES string of the molecule is COC(=O)CCCCC(C)CC(C)C(=O)OC. The van der Waals surface area contributed by atoms with E-state index in [9.17, 15) is 9.59 Å². The fourth-order valence-corrected chi connectivity index (χ4v) is 1.88. The Labute approximate surface area is 104 Å². The number of esters is 2. The molecule has 0 aromatic carbocycles. The number of rotatable bonds is 8. The Morgan fingerprint density at radius 2 is 1.71 bits per heavy atom. The Kier molecular flexibility index (Phi) is 8.46. The summed E-state index contributed by atoms with van der Waals surface area (Å²) in [5, 5.41) is 0. The summed E-state index contributed by atoms with van der Waals surface area (Å²) in [5.74, 6) is 0.129. The Balaban J connectivity index is 3.62. The van der Waals surface area contributed by atoms with Gasteiger partial charge in [-0.05, 0) is 18.8 Å². The fraction of sp³-hybridized carbons (Fsp3) is 0.846. The summed E-state index contributed by atoms with van der Waals surface area (Å²) in [6.07, 6.45) is 4.19. The maximum Gasteiger partial charge on any atom is 0.308 e. The summed E-state index contributed by atoms with van der Waals surface area (Å²) in [5.41, 5.74) is 0. The van der Waals surface area contributed by atoms with E-state index in [-0.39, 0.29) is 17.9 Å². The highest BCUT2D eigenvalue weighted by Crippen LogP contribution is 2.19. The number of unbranched alkanes of at least 4 members (excludes halogenated alkanes) is 1. The number of hydrogen-bond acceptors (Lipinski definition) is 4. The van der Waals surface area contributed by atoms with Crippen molar-refractivity contribution in [3.8, 4) is 0 Å². The smallest absolute Gasteiger partial charge is 0.308 e. The molecule has 0 fully saturated rings. The molecule has 0 rings (SSSR count). The van der Waals surface area contributed by atoms with Crippen LogP contribution in [-0.4, -0.2) is 26.2 Å². The molecule has 2 atom stereocenters. The summed E-state index contributed by atoms with van der Waals surface area (Å²) < 4.78 is 9.25. The minimum atomic E-state index is -0.152. The van der Waals surface area contributed by atoms with Crippen molar-refractivity contribution in [1.82, 2.24) is 0 Å². The van der Waals surface area contributed by atoms with E-state index in [0.717, 1.165) is 25.7 Å². The number of hydrogen-bond donors (Lipinski definition) is 0. The molecule has 100 valence electrons. The fourth-order valence-electron chi connectivity index (χ4n) is 1.88. The van der Waals surface area contributed by atoms with Crippen LogP contribution < -0.4 is 0 Å². The standard InChI is InChI=1S/C13H24O4/c1-10(9-11(2)13(15)17-4)7-5-6-8-12(14)16-3/h10-11H,5-9H2,1-4H3. The Morgan fingerprint density at radius 1 is 1.06 bits per heavy atom. The van der Waals surface area contributed by atoms with Gasteiger partial charge >= 0.3 is 11.9 Å². The summed E-state index contributed by atoms with van der Waals surface area (Å²) in [6.45, 7) is 4.01. The normalized spacial score (nSPS) is 13.9. The maximum atomic E-state index is 11.2. The summed E-state index contributed by atoms with van der Waals surface area (Å²) >= 11 is 0. The second kappa shape index (κ2) is 9.02. The van der Waals surface area contributed by atoms with Gasteiger partial charge in [0.05, 0.1) is 20.1 Å². The van der Waals surface area contributed by atoms with Crippen molar-refractivity contribution in [2.75, 3.05) is 14.2 Å². The van der Waals surface area contributed by atoms with E-state index in [1.807, 2.05) is 6.92 Å². The predicted octanol–water partition coefficient (Wildman–Crippen LogP) is 2.56. The Hall–Kier alpha value is -1.06. The first-order valence-corrected chi connectivity index (χ1v) is 6.15. The van der Waals surface area contributed by atoms with Gasteiger partial charge in [0, 0.05) is 6.42 Å². The number of carbonyl (C=O) groups is 2. The van der Waals surface area contributed by atoms with Crippen LogP contribution in [0, 0.1) is 11.8 Å². The first-order chi connectivity index (χ1) is 8.01. The number of methoxy groups -OCH3 is 2. The van der Waals surface area contributed by atoms with E-state index in [1.165, 1.54) is 14.2 Å². The lowest BCUT2D eigenvalue weighted by Crippen LogP contribution is -2.15. The van der Waals surface area contributed by atoms with E-state index in [1.54, 1.807) is 0 Å². The van der Waals surface area contributed by atoms with Gasteiger partial charge in [0.1, 0.15) is 0 Å². The second-order valence-corrected chi connectivity index (χ2v) is 4.59. The largest absolute Gasteiger partial charge is 0.469 e. The van der Waals surface area contributed by atoms with Gasteiger partial charge in [0.15, 0.2) is 0 Å². The van der Waals surface area contributed by atoms with Crippen molar-refractivity contribution < 1.29 is 19.1 Å². The third-order valence-electron chi connectivity index (χ3n) is 2.91. The average molecular weight is 244 g/mol. The first kappa shape index (κ1) is 15.9. The van der Waals surface area contributed by atoms with Gasteiger partial charge in [-0.2, -0.15) is 0 Å². The molecule has 0 saturated carbocycles. The maximum absolute atomic E-state index is 11.2. The Bertz CT molecular complexity index is 238. The molecular formula is C13H24O4. The van der Waals surface area contributed by atoms with Crippen molar-refractivity contribution in [2.24, 2.45) is 11.8 Å². The van der Waals surface area contributed by atoms with Gasteiger partial charge in [0.2, 0.25) is 0 Å². The van der Waals surface area contributed by atoms with Gasteiger partial charge < -0.3 is 9.47 Å². The van der Waals surface area contributed by atoms with Gasteiger partial charge in [0.25, 0.3) is 0 Å². The van der Waals surface area contributed by atoms with Crippen molar-refractivity contribution >= 4 is 11.9 Å². The zero-order valence-electron chi connectivity index (χ0n) is 11.3. The molecule has 0 radical (unpaired) electrons. The topological polar surface area (TPSA) is 52.6 Å². The van der Waals surface area contributed by atoms with Crippen LogP contribution in [0.3, 0.4) is 0 Å². The van der Waals surface area contributed by atoms with Gasteiger partial charge in [-0.15, -0.1) is 0 Å². The third-order valence-corrected chi connectivity index (χ3v) is 2.91. The highest BCUT2D eigenvalue weighted by atomic mass is 16.5. The lowest BCUT2D eigenvalue weighted by atomic mass is 9.93. The first-order valence-electron chi connectivity index (χ1n) is 6.15. The van der Waals surface area contributed by atoms with Crippen molar-refractivity contribution in [2.45, 2.75) is 46.0 Å². The minimum absolute atomic E-state index is 0.0457. The molecular weight excluding hydrogens is 220 g/mol. The third kappa shape index (κ3) is 7.77. The van der Waals surface area contributed by atoms with Crippen LogP contribution in [0.2, 0.25) is 0 Å². The van der Waals surface area contributed by atoms with Crippen LogP contribution in [0.5, 0.6) is 0 Å². The molecule has 0 saturated heterocycles. The highest BCUT2D eigenvalue weighted by Gasteiger charge is 2.16. The second-order valence-electron chi connectivity index (χ2n) is 4.59. The van der Waals surface area contributed by atoms with E-state index >= 15 is 0 Å². The van der Waals surface area contributed by atoms with Crippen LogP contribution >= 0.6 is 0 Å². The molecule has 4 heteroatoms. The summed E-state index contributed by atoms with van der Waals surface area (Å²) in [4.78, 5) is 22.1. The molecule has 2 unspecified atom stereocenters. The quantitative estimate of drug-likeness (QED) is 0.486. The highest BCUT2D eigenvalue weighted by molar-refractivity contribution is 5.71. The van der Waals surface area contributed by atoms with Crippen LogP contribution in [0.15, 0.2) is 0 Å². The van der Waals surface area contributed by atoms with Crippen LogP contribution in [-0.2, 0) is 19.1 Å². The lowest BCUT2D eigenvalue weighted by Gasteiger charge is -2.15. The summed E-state index contributed by atoms with van der Waals surface area (Å²) in [6, 6.07) is 0. The molecule has 0 N–H and O–H groups in total. The molecule has 0 spiro atoms.